The van der Waals surface area contributed by atoms with Crippen molar-refractivity contribution in [3.63, 3.8) is 0 Å². The first-order valence-electron chi connectivity index (χ1n) is 9.74. The minimum absolute atomic E-state index is 0.0976. The predicted octanol–water partition coefficient (Wildman–Crippen LogP) is 2.64. The van der Waals surface area contributed by atoms with Gasteiger partial charge in [0.1, 0.15) is 0 Å². The summed E-state index contributed by atoms with van der Waals surface area (Å²) >= 11 is 0. The molecule has 5 nitrogen and oxygen atoms in total. The van der Waals surface area contributed by atoms with E-state index in [0.717, 1.165) is 32.5 Å². The van der Waals surface area contributed by atoms with Crippen molar-refractivity contribution < 1.29 is 9.53 Å². The van der Waals surface area contributed by atoms with Crippen LogP contribution in [0.1, 0.15) is 37.4 Å². The number of benzene rings is 1. The van der Waals surface area contributed by atoms with Gasteiger partial charge in [0.2, 0.25) is 0 Å². The van der Waals surface area contributed by atoms with E-state index in [0.29, 0.717) is 18.5 Å². The topological polar surface area (TPSA) is 44.8 Å². The number of rotatable bonds is 4. The normalized spacial score (nSPS) is 30.1. The smallest absolute Gasteiger partial charge is 0.317 e. The first-order valence-corrected chi connectivity index (χ1v) is 9.74. The molecule has 3 aliphatic rings. The van der Waals surface area contributed by atoms with Gasteiger partial charge in [-0.25, -0.2) is 4.79 Å². The Bertz CT molecular complexity index is 574. The number of hydrogen-bond donors (Lipinski definition) is 1. The zero-order chi connectivity index (χ0) is 17.1. The number of carbonyl (C=O) groups is 1. The number of carbonyl (C=O) groups excluding carboxylic acids is 1. The molecule has 1 N–H and O–H groups in total. The van der Waals surface area contributed by atoms with Crippen LogP contribution in [0, 0.1) is 5.92 Å². The Morgan fingerprint density at radius 1 is 1.12 bits per heavy atom. The van der Waals surface area contributed by atoms with E-state index in [1.54, 1.807) is 0 Å². The molecule has 3 saturated heterocycles. The first-order chi connectivity index (χ1) is 12.3. The van der Waals surface area contributed by atoms with Gasteiger partial charge in [0, 0.05) is 38.2 Å². The van der Waals surface area contributed by atoms with Crippen LogP contribution in [-0.2, 0) is 4.74 Å². The summed E-state index contributed by atoms with van der Waals surface area (Å²) in [6.45, 7) is 5.66. The Morgan fingerprint density at radius 3 is 2.72 bits per heavy atom. The maximum Gasteiger partial charge on any atom is 0.317 e. The highest BCUT2D eigenvalue weighted by Crippen LogP contribution is 2.34. The lowest BCUT2D eigenvalue weighted by molar-refractivity contribution is 0.0905. The van der Waals surface area contributed by atoms with Crippen molar-refractivity contribution >= 4 is 6.03 Å². The fraction of sp³-hybridized carbons (Fsp3) is 0.650. The lowest BCUT2D eigenvalue weighted by Crippen LogP contribution is -2.43. The van der Waals surface area contributed by atoms with E-state index in [-0.39, 0.29) is 12.1 Å². The number of hydrogen-bond acceptors (Lipinski definition) is 3. The second-order valence-corrected chi connectivity index (χ2v) is 7.57. The van der Waals surface area contributed by atoms with Crippen LogP contribution in [0.25, 0.3) is 0 Å². The van der Waals surface area contributed by atoms with Gasteiger partial charge in [0.05, 0.1) is 6.10 Å². The molecule has 0 unspecified atom stereocenters. The van der Waals surface area contributed by atoms with Gasteiger partial charge < -0.3 is 15.0 Å². The molecule has 3 heterocycles. The molecular formula is C20H29N3O2. The van der Waals surface area contributed by atoms with Gasteiger partial charge in [0.15, 0.2) is 0 Å². The van der Waals surface area contributed by atoms with E-state index in [1.165, 1.54) is 31.5 Å². The van der Waals surface area contributed by atoms with Gasteiger partial charge in [0.25, 0.3) is 0 Å². The van der Waals surface area contributed by atoms with Crippen LogP contribution in [0.3, 0.4) is 0 Å². The molecule has 1 aromatic rings. The van der Waals surface area contributed by atoms with Gasteiger partial charge in [-0.05, 0) is 44.3 Å². The fourth-order valence-corrected chi connectivity index (χ4v) is 4.52. The van der Waals surface area contributed by atoms with Crippen LogP contribution in [0.2, 0.25) is 0 Å². The predicted molar refractivity (Wildman–Crippen MR) is 97.4 cm³/mol. The summed E-state index contributed by atoms with van der Waals surface area (Å²) in [5.74, 6) is 0.364. The number of ether oxygens (including phenoxy) is 1. The summed E-state index contributed by atoms with van der Waals surface area (Å²) in [7, 11) is 0. The molecule has 5 heteroatoms. The quantitative estimate of drug-likeness (QED) is 0.914. The Balaban J connectivity index is 1.27. The summed E-state index contributed by atoms with van der Waals surface area (Å²) in [5, 5.41) is 3.17. The lowest BCUT2D eigenvalue weighted by Gasteiger charge is -2.24. The molecule has 2 amide bonds. The third kappa shape index (κ3) is 3.82. The first kappa shape index (κ1) is 16.9. The number of nitrogens with zero attached hydrogens (tertiary/aromatic N) is 2. The minimum Gasteiger partial charge on any atom is -0.373 e. The minimum atomic E-state index is 0.0976. The van der Waals surface area contributed by atoms with Crippen LogP contribution in [0.4, 0.5) is 4.79 Å². The van der Waals surface area contributed by atoms with Crippen LogP contribution in [0.15, 0.2) is 30.3 Å². The van der Waals surface area contributed by atoms with Gasteiger partial charge >= 0.3 is 6.03 Å². The zero-order valence-corrected chi connectivity index (χ0v) is 14.9. The van der Waals surface area contributed by atoms with Crippen molar-refractivity contribution in [3.05, 3.63) is 35.9 Å². The zero-order valence-electron chi connectivity index (χ0n) is 14.9. The summed E-state index contributed by atoms with van der Waals surface area (Å²) in [4.78, 5) is 17.1. The van der Waals surface area contributed by atoms with E-state index < -0.39 is 0 Å². The highest BCUT2D eigenvalue weighted by molar-refractivity contribution is 5.74. The second-order valence-electron chi connectivity index (χ2n) is 7.57. The van der Waals surface area contributed by atoms with Crippen molar-refractivity contribution in [1.82, 2.24) is 15.1 Å². The molecular weight excluding hydrogens is 314 g/mol. The Labute approximate surface area is 150 Å². The van der Waals surface area contributed by atoms with Crippen LogP contribution < -0.4 is 5.32 Å². The molecule has 0 aromatic heterocycles. The summed E-state index contributed by atoms with van der Waals surface area (Å²) in [5.41, 5.74) is 1.22. The van der Waals surface area contributed by atoms with Crippen molar-refractivity contribution in [2.45, 2.75) is 37.8 Å². The van der Waals surface area contributed by atoms with Crippen LogP contribution in [-0.4, -0.2) is 61.2 Å². The van der Waals surface area contributed by atoms with Gasteiger partial charge in [-0.15, -0.1) is 0 Å². The van der Waals surface area contributed by atoms with Crippen LogP contribution in [0.5, 0.6) is 0 Å². The van der Waals surface area contributed by atoms with Gasteiger partial charge in [-0.2, -0.15) is 0 Å². The average Bonchev–Trinajstić information content (AvgIpc) is 3.41. The molecule has 0 aliphatic carbocycles. The summed E-state index contributed by atoms with van der Waals surface area (Å²) in [6.07, 6.45) is 4.86. The third-order valence-corrected chi connectivity index (χ3v) is 5.97. The Hall–Kier alpha value is -1.59. The van der Waals surface area contributed by atoms with Crippen LogP contribution >= 0.6 is 0 Å². The number of nitrogens with one attached hydrogen (secondary N) is 1. The van der Waals surface area contributed by atoms with E-state index in [9.17, 15) is 4.79 Å². The third-order valence-electron chi connectivity index (χ3n) is 5.97. The molecule has 4 rings (SSSR count). The maximum absolute atomic E-state index is 12.6. The SMILES string of the molecule is O=C(NC[C@@H]1CCO[C@H]1c1ccccc1)N1CC[C@H](N2CCCC2)C1. The molecule has 3 atom stereocenters. The molecule has 0 bridgehead atoms. The van der Waals surface area contributed by atoms with Crippen molar-refractivity contribution in [3.8, 4) is 0 Å². The lowest BCUT2D eigenvalue weighted by atomic mass is 9.95. The number of likely N-dealkylation sites (tertiary alicyclic amines) is 2. The van der Waals surface area contributed by atoms with Crippen molar-refractivity contribution in [1.29, 1.82) is 0 Å². The van der Waals surface area contributed by atoms with Gasteiger partial charge in [-0.3, -0.25) is 4.90 Å². The Morgan fingerprint density at radius 2 is 1.92 bits per heavy atom. The average molecular weight is 343 g/mol. The molecule has 0 radical (unpaired) electrons. The van der Waals surface area contributed by atoms with Crippen molar-refractivity contribution in [2.24, 2.45) is 5.92 Å². The van der Waals surface area contributed by atoms with E-state index in [2.05, 4.69) is 34.5 Å². The maximum atomic E-state index is 12.6. The largest absolute Gasteiger partial charge is 0.373 e. The molecule has 3 fully saturated rings. The van der Waals surface area contributed by atoms with E-state index in [1.807, 2.05) is 11.0 Å². The monoisotopic (exact) mass is 343 g/mol. The highest BCUT2D eigenvalue weighted by Gasteiger charge is 2.33. The summed E-state index contributed by atoms with van der Waals surface area (Å²) < 4.78 is 5.92. The van der Waals surface area contributed by atoms with Gasteiger partial charge in [-0.1, -0.05) is 30.3 Å². The highest BCUT2D eigenvalue weighted by atomic mass is 16.5. The molecule has 1 aromatic carbocycles. The molecule has 3 aliphatic heterocycles. The standard InChI is InChI=1S/C20H29N3O2/c24-20(23-12-8-18(15-23)22-10-4-5-11-22)21-14-17-9-13-25-19(17)16-6-2-1-3-7-16/h1-3,6-7,17-19H,4-5,8-15H2,(H,21,24)/t17-,18-,19-/m0/s1. The van der Waals surface area contributed by atoms with E-state index >= 15 is 0 Å². The van der Waals surface area contributed by atoms with E-state index in [4.69, 9.17) is 4.74 Å². The molecule has 0 spiro atoms. The number of urea groups is 1. The summed E-state index contributed by atoms with van der Waals surface area (Å²) in [6, 6.07) is 11.0. The molecule has 0 saturated carbocycles. The molecule has 25 heavy (non-hydrogen) atoms. The fourth-order valence-electron chi connectivity index (χ4n) is 4.52. The van der Waals surface area contributed by atoms with Crippen molar-refractivity contribution in [2.75, 3.05) is 39.3 Å². The Kier molecular flexibility index (Phi) is 5.22. The second kappa shape index (κ2) is 7.75. The number of amides is 2. The molecule has 136 valence electrons.